The molecule has 25 heavy (non-hydrogen) atoms. The zero-order valence-electron chi connectivity index (χ0n) is 16.3. The van der Waals surface area contributed by atoms with E-state index in [9.17, 15) is 15.3 Å². The van der Waals surface area contributed by atoms with Crippen LogP contribution in [0.25, 0.3) is 0 Å². The third-order valence-corrected chi connectivity index (χ3v) is 8.98. The Morgan fingerprint density at radius 2 is 1.68 bits per heavy atom. The first kappa shape index (κ1) is 18.3. The average Bonchev–Trinajstić information content (AvgIpc) is 2.89. The fourth-order valence-electron chi connectivity index (χ4n) is 7.58. The molecule has 0 amide bonds. The summed E-state index contributed by atoms with van der Waals surface area (Å²) < 4.78 is 0. The van der Waals surface area contributed by atoms with Crippen LogP contribution in [0.3, 0.4) is 0 Å². The summed E-state index contributed by atoms with van der Waals surface area (Å²) in [5.74, 6) is 4.47. The van der Waals surface area contributed by atoms with Gasteiger partial charge in [0.1, 0.15) is 0 Å². The van der Waals surface area contributed by atoms with Crippen LogP contribution in [0.15, 0.2) is 0 Å². The molecule has 0 aromatic rings. The van der Waals surface area contributed by atoms with Crippen LogP contribution < -0.4 is 0 Å². The molecular weight excluding hydrogens is 312 g/mol. The standard InChI is InChI=1S/C22H36O3/c1-12(2)15-5-6-16-20-17(11-19(25)22(15,16)4)21(3)8-7-14(23)9-13(21)10-18(20)24/h12,14-19,23-25H,5-11H2,1-4H3. The lowest BCUT2D eigenvalue weighted by atomic mass is 9.43. The van der Waals surface area contributed by atoms with Crippen LogP contribution in [0.1, 0.15) is 72.6 Å². The zero-order chi connectivity index (χ0) is 18.1. The van der Waals surface area contributed by atoms with E-state index in [-0.39, 0.29) is 35.1 Å². The molecule has 3 nitrogen and oxygen atoms in total. The van der Waals surface area contributed by atoms with Gasteiger partial charge >= 0.3 is 0 Å². The van der Waals surface area contributed by atoms with Crippen molar-refractivity contribution in [1.82, 2.24) is 0 Å². The lowest BCUT2D eigenvalue weighted by Gasteiger charge is -2.63. The van der Waals surface area contributed by atoms with E-state index < -0.39 is 0 Å². The Kier molecular flexibility index (Phi) is 4.34. The number of aliphatic hydroxyl groups excluding tert-OH is 3. The minimum absolute atomic E-state index is 0.0615. The molecule has 2 radical (unpaired) electrons. The Labute approximate surface area is 153 Å². The highest BCUT2D eigenvalue weighted by Crippen LogP contribution is 2.69. The molecule has 3 N–H and O–H groups in total. The number of rotatable bonds is 1. The molecule has 4 fully saturated rings. The van der Waals surface area contributed by atoms with Crippen LogP contribution in [0.2, 0.25) is 0 Å². The van der Waals surface area contributed by atoms with Crippen molar-refractivity contribution in [2.75, 3.05) is 0 Å². The maximum atomic E-state index is 11.3. The van der Waals surface area contributed by atoms with Crippen molar-refractivity contribution < 1.29 is 15.3 Å². The van der Waals surface area contributed by atoms with E-state index in [0.29, 0.717) is 17.8 Å². The molecule has 4 aliphatic rings. The molecule has 0 aromatic carbocycles. The highest BCUT2D eigenvalue weighted by molar-refractivity contribution is 5.32. The van der Waals surface area contributed by atoms with E-state index in [0.717, 1.165) is 38.5 Å². The summed E-state index contributed by atoms with van der Waals surface area (Å²) in [6.07, 6.45) is 5.50. The van der Waals surface area contributed by atoms with Crippen molar-refractivity contribution in [3.05, 3.63) is 11.8 Å². The summed E-state index contributed by atoms with van der Waals surface area (Å²) in [6.45, 7) is 9.21. The van der Waals surface area contributed by atoms with Crippen LogP contribution in [0.5, 0.6) is 0 Å². The molecule has 142 valence electrons. The van der Waals surface area contributed by atoms with E-state index >= 15 is 0 Å². The quantitative estimate of drug-likeness (QED) is 0.679. The largest absolute Gasteiger partial charge is 0.393 e. The minimum atomic E-state index is -0.374. The van der Waals surface area contributed by atoms with Gasteiger partial charge in [-0.25, -0.2) is 0 Å². The maximum absolute atomic E-state index is 11.3. The van der Waals surface area contributed by atoms with Gasteiger partial charge < -0.3 is 15.3 Å². The molecule has 4 aliphatic carbocycles. The summed E-state index contributed by atoms with van der Waals surface area (Å²) in [4.78, 5) is 0. The Morgan fingerprint density at radius 1 is 0.960 bits per heavy atom. The summed E-state index contributed by atoms with van der Waals surface area (Å²) in [6, 6.07) is 0. The first-order valence-corrected chi connectivity index (χ1v) is 10.5. The number of aliphatic hydroxyl groups is 3. The Balaban J connectivity index is 1.70. The summed E-state index contributed by atoms with van der Waals surface area (Å²) in [5.41, 5.74) is -0.0188. The third-order valence-electron chi connectivity index (χ3n) is 8.98. The van der Waals surface area contributed by atoms with Gasteiger partial charge in [0.25, 0.3) is 0 Å². The summed E-state index contributed by atoms with van der Waals surface area (Å²) in [7, 11) is 0. The second-order valence-corrected chi connectivity index (χ2v) is 10.3. The Morgan fingerprint density at radius 3 is 2.36 bits per heavy atom. The van der Waals surface area contributed by atoms with Gasteiger partial charge in [-0.3, -0.25) is 0 Å². The molecule has 8 atom stereocenters. The van der Waals surface area contributed by atoms with Crippen LogP contribution in [-0.4, -0.2) is 33.6 Å². The van der Waals surface area contributed by atoms with Crippen molar-refractivity contribution in [1.29, 1.82) is 0 Å². The van der Waals surface area contributed by atoms with Gasteiger partial charge in [0.2, 0.25) is 0 Å². The van der Waals surface area contributed by atoms with Gasteiger partial charge in [0.15, 0.2) is 0 Å². The molecule has 0 bridgehead atoms. The van der Waals surface area contributed by atoms with Crippen molar-refractivity contribution in [2.45, 2.75) is 91.0 Å². The van der Waals surface area contributed by atoms with E-state index in [1.54, 1.807) is 0 Å². The highest BCUT2D eigenvalue weighted by atomic mass is 16.3. The Hall–Kier alpha value is -0.120. The zero-order valence-corrected chi connectivity index (χ0v) is 16.3. The van der Waals surface area contributed by atoms with E-state index in [4.69, 9.17) is 0 Å². The van der Waals surface area contributed by atoms with Crippen molar-refractivity contribution >= 4 is 0 Å². The van der Waals surface area contributed by atoms with Crippen LogP contribution >= 0.6 is 0 Å². The van der Waals surface area contributed by atoms with Crippen LogP contribution in [0, 0.1) is 46.3 Å². The molecule has 3 heteroatoms. The summed E-state index contributed by atoms with van der Waals surface area (Å²) >= 11 is 0. The van der Waals surface area contributed by atoms with Gasteiger partial charge in [0, 0.05) is 11.3 Å². The van der Waals surface area contributed by atoms with E-state index in [1.165, 1.54) is 18.3 Å². The lowest BCUT2D eigenvalue weighted by molar-refractivity contribution is -0.119. The maximum Gasteiger partial charge on any atom is 0.0614 e. The Bertz CT molecular complexity index is 519. The summed E-state index contributed by atoms with van der Waals surface area (Å²) in [5, 5.41) is 32.5. The monoisotopic (exact) mass is 348 g/mol. The SMILES string of the molecule is CC(C)C1CCC2[C]3C(O)C[C]4CC(O)CCC4(C)C3CC(O)C21C. The van der Waals surface area contributed by atoms with Gasteiger partial charge in [-0.1, -0.05) is 27.7 Å². The molecule has 0 aliphatic heterocycles. The predicted octanol–water partition coefficient (Wildman–Crippen LogP) is 3.52. The van der Waals surface area contributed by atoms with Crippen molar-refractivity contribution in [3.8, 4) is 0 Å². The van der Waals surface area contributed by atoms with Crippen LogP contribution in [-0.2, 0) is 0 Å². The van der Waals surface area contributed by atoms with E-state index in [2.05, 4.69) is 27.7 Å². The van der Waals surface area contributed by atoms with Gasteiger partial charge in [-0.2, -0.15) is 0 Å². The first-order chi connectivity index (χ1) is 11.7. The predicted molar refractivity (Wildman–Crippen MR) is 98.3 cm³/mol. The van der Waals surface area contributed by atoms with Gasteiger partial charge in [-0.05, 0) is 80.0 Å². The molecule has 8 unspecified atom stereocenters. The smallest absolute Gasteiger partial charge is 0.0614 e. The first-order valence-electron chi connectivity index (χ1n) is 10.5. The van der Waals surface area contributed by atoms with Crippen LogP contribution in [0.4, 0.5) is 0 Å². The lowest BCUT2D eigenvalue weighted by Crippen LogP contribution is -2.60. The molecule has 4 rings (SSSR count). The van der Waals surface area contributed by atoms with Crippen molar-refractivity contribution in [3.63, 3.8) is 0 Å². The molecule has 0 heterocycles. The van der Waals surface area contributed by atoms with Gasteiger partial charge in [-0.15, -0.1) is 0 Å². The van der Waals surface area contributed by atoms with Crippen molar-refractivity contribution in [2.24, 2.45) is 34.5 Å². The number of hydrogen-bond acceptors (Lipinski definition) is 3. The molecule has 4 saturated carbocycles. The average molecular weight is 349 g/mol. The topological polar surface area (TPSA) is 60.7 Å². The molecular formula is C22H36O3. The second-order valence-electron chi connectivity index (χ2n) is 10.3. The fourth-order valence-corrected chi connectivity index (χ4v) is 7.58. The highest BCUT2D eigenvalue weighted by Gasteiger charge is 2.65. The molecule has 0 saturated heterocycles. The normalized spacial score (nSPS) is 54.2. The van der Waals surface area contributed by atoms with Gasteiger partial charge in [0.05, 0.1) is 18.3 Å². The second kappa shape index (κ2) is 5.94. The van der Waals surface area contributed by atoms with E-state index in [1.807, 2.05) is 0 Å². The fraction of sp³-hybridized carbons (Fsp3) is 0.909. The number of hydrogen-bond donors (Lipinski definition) is 3. The molecule has 0 aromatic heterocycles. The third kappa shape index (κ3) is 2.41. The number of fused-ring (bicyclic) bond motifs is 5. The molecule has 0 spiro atoms. The minimum Gasteiger partial charge on any atom is -0.393 e.